The van der Waals surface area contributed by atoms with E-state index in [2.05, 4.69) is 16.0 Å². The summed E-state index contributed by atoms with van der Waals surface area (Å²) in [7, 11) is 0. The molecule has 17 heavy (non-hydrogen) atoms. The summed E-state index contributed by atoms with van der Waals surface area (Å²) in [4.78, 5) is 0. The van der Waals surface area contributed by atoms with Crippen LogP contribution in [0.15, 0.2) is 12.3 Å². The van der Waals surface area contributed by atoms with Crippen molar-refractivity contribution in [2.75, 3.05) is 0 Å². The van der Waals surface area contributed by atoms with E-state index in [0.29, 0.717) is 25.7 Å². The minimum absolute atomic E-state index is 0.303. The lowest BCUT2D eigenvalue weighted by atomic mass is 9.95. The molecule has 8 heteroatoms. The van der Waals surface area contributed by atoms with Gasteiger partial charge in [0.15, 0.2) is 5.76 Å². The smallest absolute Gasteiger partial charge is 0.376 e. The van der Waals surface area contributed by atoms with Crippen LogP contribution in [-0.2, 0) is 14.1 Å². The average Bonchev–Trinajstić information content (AvgIpc) is 2.26. The first kappa shape index (κ1) is 14.7. The molecule has 0 saturated heterocycles. The summed E-state index contributed by atoms with van der Waals surface area (Å²) in [6.45, 7) is 3.11. The van der Waals surface area contributed by atoms with Gasteiger partial charge >= 0.3 is 5.25 Å². The van der Waals surface area contributed by atoms with E-state index in [-0.39, 0.29) is 0 Å². The molecule has 0 aromatic carbocycles. The SMILES string of the molecule is C=C(OC1CCCC(O)C1)C(F)(F)SOOO. The molecule has 1 fully saturated rings. The summed E-state index contributed by atoms with van der Waals surface area (Å²) in [5, 5.41) is 16.7. The van der Waals surface area contributed by atoms with Gasteiger partial charge in [0.2, 0.25) is 0 Å². The van der Waals surface area contributed by atoms with Crippen LogP contribution in [0.4, 0.5) is 8.78 Å². The van der Waals surface area contributed by atoms with E-state index in [9.17, 15) is 13.9 Å². The van der Waals surface area contributed by atoms with E-state index in [1.54, 1.807) is 0 Å². The van der Waals surface area contributed by atoms with Gasteiger partial charge in [0.05, 0.1) is 6.10 Å². The number of hydrogen-bond acceptors (Lipinski definition) is 6. The summed E-state index contributed by atoms with van der Waals surface area (Å²) in [6.07, 6.45) is 1.26. The molecule has 2 unspecified atom stereocenters. The van der Waals surface area contributed by atoms with E-state index in [1.165, 1.54) is 0 Å². The molecule has 2 N–H and O–H groups in total. The largest absolute Gasteiger partial charge is 0.488 e. The van der Waals surface area contributed by atoms with Crippen LogP contribution in [0.3, 0.4) is 0 Å². The number of alkyl halides is 2. The van der Waals surface area contributed by atoms with Crippen molar-refractivity contribution in [1.82, 2.24) is 0 Å². The zero-order valence-corrected chi connectivity index (χ0v) is 9.79. The predicted octanol–water partition coefficient (Wildman–Crippen LogP) is 2.48. The fourth-order valence-corrected chi connectivity index (χ4v) is 1.86. The zero-order valence-electron chi connectivity index (χ0n) is 8.97. The molecule has 0 aromatic heterocycles. The van der Waals surface area contributed by atoms with Crippen LogP contribution in [0.25, 0.3) is 0 Å². The van der Waals surface area contributed by atoms with E-state index < -0.39 is 35.3 Å². The van der Waals surface area contributed by atoms with Crippen molar-refractivity contribution >= 4 is 12.0 Å². The van der Waals surface area contributed by atoms with Gasteiger partial charge in [-0.3, -0.25) is 0 Å². The molecule has 1 aliphatic carbocycles. The Bertz CT molecular complexity index is 264. The highest BCUT2D eigenvalue weighted by molar-refractivity contribution is 7.95. The Morgan fingerprint density at radius 1 is 1.41 bits per heavy atom. The molecule has 100 valence electrons. The summed E-state index contributed by atoms with van der Waals surface area (Å²) in [5.41, 5.74) is 0. The Hall–Kier alpha value is -0.410. The molecule has 0 aliphatic heterocycles. The third-order valence-corrected chi connectivity index (χ3v) is 2.97. The lowest BCUT2D eigenvalue weighted by Crippen LogP contribution is -2.29. The Kier molecular flexibility index (Phi) is 5.60. The maximum absolute atomic E-state index is 13.2. The first-order valence-electron chi connectivity index (χ1n) is 5.03. The molecule has 0 bridgehead atoms. The van der Waals surface area contributed by atoms with E-state index in [1.807, 2.05) is 0 Å². The van der Waals surface area contributed by atoms with Crippen LogP contribution in [-0.4, -0.2) is 27.8 Å². The first-order chi connectivity index (χ1) is 7.95. The van der Waals surface area contributed by atoms with Crippen molar-refractivity contribution in [2.24, 2.45) is 0 Å². The van der Waals surface area contributed by atoms with Gasteiger partial charge in [-0.1, -0.05) is 11.6 Å². The lowest BCUT2D eigenvalue weighted by Gasteiger charge is -2.28. The second-order valence-electron chi connectivity index (χ2n) is 3.73. The van der Waals surface area contributed by atoms with Gasteiger partial charge in [0.1, 0.15) is 18.1 Å². The second kappa shape index (κ2) is 6.50. The molecule has 0 radical (unpaired) electrons. The highest BCUT2D eigenvalue weighted by Gasteiger charge is 2.39. The summed E-state index contributed by atoms with van der Waals surface area (Å²) in [5.74, 6) is -0.793. The van der Waals surface area contributed by atoms with Gasteiger partial charge in [-0.2, -0.15) is 8.78 Å². The topological polar surface area (TPSA) is 68.2 Å². The van der Waals surface area contributed by atoms with Crippen molar-refractivity contribution in [1.29, 1.82) is 0 Å². The molecule has 0 heterocycles. The normalized spacial score (nSPS) is 25.6. The maximum atomic E-state index is 13.2. The van der Waals surface area contributed by atoms with Crippen molar-refractivity contribution in [3.63, 3.8) is 0 Å². The molecule has 1 aliphatic rings. The lowest BCUT2D eigenvalue weighted by molar-refractivity contribution is -0.433. The Morgan fingerprint density at radius 2 is 2.12 bits per heavy atom. The van der Waals surface area contributed by atoms with Crippen molar-refractivity contribution < 1.29 is 33.3 Å². The van der Waals surface area contributed by atoms with Crippen molar-refractivity contribution in [3.05, 3.63) is 12.3 Å². The standard InChI is InChI=1S/C9H14F2O5S/c1-6(9(10,11)17-16-15-13)14-8-4-2-3-7(12)5-8/h7-8,12-13H,1-5H2. The van der Waals surface area contributed by atoms with Crippen LogP contribution in [0, 0.1) is 0 Å². The summed E-state index contributed by atoms with van der Waals surface area (Å²) in [6, 6.07) is 0. The fraction of sp³-hybridized carbons (Fsp3) is 0.778. The Labute approximate surface area is 101 Å². The summed E-state index contributed by atoms with van der Waals surface area (Å²) < 4.78 is 35.1. The fourth-order valence-electron chi connectivity index (χ4n) is 1.60. The number of aliphatic hydroxyl groups is 1. The van der Waals surface area contributed by atoms with Gasteiger partial charge in [-0.15, -0.1) is 4.33 Å². The van der Waals surface area contributed by atoms with Crippen LogP contribution < -0.4 is 0 Å². The maximum Gasteiger partial charge on any atom is 0.376 e. The summed E-state index contributed by atoms with van der Waals surface area (Å²) >= 11 is -0.416. The number of aliphatic hydroxyl groups excluding tert-OH is 1. The quantitative estimate of drug-likeness (QED) is 0.335. The van der Waals surface area contributed by atoms with Crippen LogP contribution in [0.2, 0.25) is 0 Å². The van der Waals surface area contributed by atoms with Gasteiger partial charge in [0, 0.05) is 6.42 Å². The second-order valence-corrected chi connectivity index (χ2v) is 4.54. The minimum atomic E-state index is -3.54. The van der Waals surface area contributed by atoms with Gasteiger partial charge in [-0.05, 0) is 19.3 Å². The highest BCUT2D eigenvalue weighted by Crippen LogP contribution is 2.38. The average molecular weight is 272 g/mol. The molecule has 1 rings (SSSR count). The predicted molar refractivity (Wildman–Crippen MR) is 55.8 cm³/mol. The van der Waals surface area contributed by atoms with E-state index >= 15 is 0 Å². The van der Waals surface area contributed by atoms with Crippen LogP contribution in [0.1, 0.15) is 25.7 Å². The molecular weight excluding hydrogens is 258 g/mol. The van der Waals surface area contributed by atoms with Crippen LogP contribution >= 0.6 is 12.0 Å². The minimum Gasteiger partial charge on any atom is -0.488 e. The molecule has 2 atom stereocenters. The Balaban J connectivity index is 2.41. The molecular formula is C9H14F2O5S. The van der Waals surface area contributed by atoms with Crippen molar-refractivity contribution in [3.8, 4) is 0 Å². The molecule has 0 aromatic rings. The first-order valence-corrected chi connectivity index (χ1v) is 5.77. The zero-order chi connectivity index (χ0) is 12.9. The highest BCUT2D eigenvalue weighted by atomic mass is 32.2. The monoisotopic (exact) mass is 272 g/mol. The molecule has 5 nitrogen and oxygen atoms in total. The third-order valence-electron chi connectivity index (χ3n) is 2.40. The molecule has 1 saturated carbocycles. The van der Waals surface area contributed by atoms with E-state index in [4.69, 9.17) is 9.99 Å². The molecule has 0 spiro atoms. The van der Waals surface area contributed by atoms with Crippen LogP contribution in [0.5, 0.6) is 0 Å². The van der Waals surface area contributed by atoms with E-state index in [0.717, 1.165) is 0 Å². The number of hydrogen-bond donors (Lipinski definition) is 2. The number of halogens is 2. The van der Waals surface area contributed by atoms with Gasteiger partial charge < -0.3 is 9.84 Å². The number of rotatable bonds is 6. The van der Waals surface area contributed by atoms with Gasteiger partial charge in [-0.25, -0.2) is 5.26 Å². The molecule has 0 amide bonds. The Morgan fingerprint density at radius 3 is 2.71 bits per heavy atom. The number of ether oxygens (including phenoxy) is 1. The van der Waals surface area contributed by atoms with Crippen molar-refractivity contribution in [2.45, 2.75) is 43.1 Å². The third kappa shape index (κ3) is 4.76. The van der Waals surface area contributed by atoms with Gasteiger partial charge in [0.25, 0.3) is 0 Å².